The summed E-state index contributed by atoms with van der Waals surface area (Å²) >= 11 is 0. The molecule has 0 aromatic rings. The Kier molecular flexibility index (Phi) is 17.0. The van der Waals surface area contributed by atoms with E-state index in [4.69, 9.17) is 0 Å². The van der Waals surface area contributed by atoms with Gasteiger partial charge in [-0.05, 0) is 32.1 Å². The Labute approximate surface area is 136 Å². The molecular formula is C19H35NO2. The Hall–Kier alpha value is -1.12. The third kappa shape index (κ3) is 16.9. The van der Waals surface area contributed by atoms with Gasteiger partial charge in [-0.15, -0.1) is 0 Å². The molecule has 0 aliphatic carbocycles. The van der Waals surface area contributed by atoms with Crippen LogP contribution in [-0.2, 0) is 9.59 Å². The molecule has 22 heavy (non-hydrogen) atoms. The van der Waals surface area contributed by atoms with Gasteiger partial charge in [-0.2, -0.15) is 0 Å². The van der Waals surface area contributed by atoms with E-state index < -0.39 is 0 Å². The molecule has 0 heterocycles. The largest absolute Gasteiger partial charge is 0.299 e. The molecule has 1 N–H and O–H groups in total. The second kappa shape index (κ2) is 17.9. The second-order valence-corrected chi connectivity index (χ2v) is 6.02. The highest BCUT2D eigenvalue weighted by molar-refractivity contribution is 5.85. The quantitative estimate of drug-likeness (QED) is 0.239. The van der Waals surface area contributed by atoms with Crippen LogP contribution < -0.4 is 5.32 Å². The molecule has 0 unspecified atom stereocenters. The summed E-state index contributed by atoms with van der Waals surface area (Å²) in [5, 5.41) is 2.17. The van der Waals surface area contributed by atoms with Crippen LogP contribution in [0.15, 0.2) is 12.2 Å². The van der Waals surface area contributed by atoms with Crippen molar-refractivity contribution in [2.75, 3.05) is 0 Å². The lowest BCUT2D eigenvalue weighted by molar-refractivity contribution is -0.125. The number of nitrogens with one attached hydrogen (secondary N) is 1. The third-order valence-electron chi connectivity index (χ3n) is 3.89. The summed E-state index contributed by atoms with van der Waals surface area (Å²) in [5.74, 6) is -0.160. The van der Waals surface area contributed by atoms with Crippen molar-refractivity contribution < 1.29 is 9.59 Å². The average Bonchev–Trinajstić information content (AvgIpc) is 2.51. The van der Waals surface area contributed by atoms with E-state index in [1.807, 2.05) is 0 Å². The standard InChI is InChI=1S/C19H35NO2/c1-2-3-4-5-6-7-8-9-10-11-12-13-14-15-16-17-19(22)20-18-21/h9-10,18H,2-8,11-17H2,1H3,(H,20,21,22)/b10-9-. The summed E-state index contributed by atoms with van der Waals surface area (Å²) < 4.78 is 0. The van der Waals surface area contributed by atoms with Gasteiger partial charge in [0.15, 0.2) is 0 Å². The smallest absolute Gasteiger partial charge is 0.226 e. The fourth-order valence-corrected chi connectivity index (χ4v) is 2.49. The van der Waals surface area contributed by atoms with Gasteiger partial charge < -0.3 is 0 Å². The molecule has 0 saturated heterocycles. The molecule has 3 nitrogen and oxygen atoms in total. The number of carbonyl (C=O) groups is 2. The Morgan fingerprint density at radius 3 is 1.82 bits per heavy atom. The van der Waals surface area contributed by atoms with Gasteiger partial charge in [0.05, 0.1) is 0 Å². The van der Waals surface area contributed by atoms with Crippen LogP contribution in [0.4, 0.5) is 0 Å². The average molecular weight is 309 g/mol. The Morgan fingerprint density at radius 1 is 0.773 bits per heavy atom. The highest BCUT2D eigenvalue weighted by atomic mass is 16.2. The first-order valence-corrected chi connectivity index (χ1v) is 9.19. The van der Waals surface area contributed by atoms with Crippen LogP contribution in [0.5, 0.6) is 0 Å². The summed E-state index contributed by atoms with van der Waals surface area (Å²) in [6.07, 6.45) is 21.8. The van der Waals surface area contributed by atoms with E-state index in [0.717, 1.165) is 12.8 Å². The number of carbonyl (C=O) groups excluding carboxylic acids is 2. The molecule has 0 atom stereocenters. The van der Waals surface area contributed by atoms with Crippen molar-refractivity contribution >= 4 is 12.3 Å². The van der Waals surface area contributed by atoms with Crippen molar-refractivity contribution in [1.82, 2.24) is 5.32 Å². The molecular weight excluding hydrogens is 274 g/mol. The van der Waals surface area contributed by atoms with E-state index in [1.165, 1.54) is 70.6 Å². The lowest BCUT2D eigenvalue weighted by atomic mass is 10.1. The van der Waals surface area contributed by atoms with E-state index in [2.05, 4.69) is 24.4 Å². The first-order valence-electron chi connectivity index (χ1n) is 9.19. The van der Waals surface area contributed by atoms with E-state index in [9.17, 15) is 9.59 Å². The van der Waals surface area contributed by atoms with E-state index in [-0.39, 0.29) is 5.91 Å². The zero-order valence-electron chi connectivity index (χ0n) is 14.4. The molecule has 0 rings (SSSR count). The molecule has 0 bridgehead atoms. The van der Waals surface area contributed by atoms with Crippen molar-refractivity contribution in [2.24, 2.45) is 0 Å². The van der Waals surface area contributed by atoms with Crippen LogP contribution in [0, 0.1) is 0 Å². The molecule has 128 valence electrons. The Balaban J connectivity index is 3.14. The normalized spacial score (nSPS) is 11.0. The van der Waals surface area contributed by atoms with Gasteiger partial charge in [0.1, 0.15) is 0 Å². The van der Waals surface area contributed by atoms with Gasteiger partial charge in [0.2, 0.25) is 12.3 Å². The number of allylic oxidation sites excluding steroid dienone is 2. The van der Waals surface area contributed by atoms with Crippen molar-refractivity contribution in [3.8, 4) is 0 Å². The van der Waals surface area contributed by atoms with Crippen LogP contribution in [0.2, 0.25) is 0 Å². The molecule has 0 spiro atoms. The molecule has 0 saturated carbocycles. The highest BCUT2D eigenvalue weighted by Crippen LogP contribution is 2.09. The predicted molar refractivity (Wildman–Crippen MR) is 93.7 cm³/mol. The minimum absolute atomic E-state index is 0.160. The SMILES string of the molecule is CCCCCCCC/C=C\CCCCCCCC(=O)NC=O. The lowest BCUT2D eigenvalue weighted by Crippen LogP contribution is -2.20. The highest BCUT2D eigenvalue weighted by Gasteiger charge is 1.98. The monoisotopic (exact) mass is 309 g/mol. The minimum atomic E-state index is -0.160. The van der Waals surface area contributed by atoms with Crippen molar-refractivity contribution in [2.45, 2.75) is 96.8 Å². The van der Waals surface area contributed by atoms with E-state index in [0.29, 0.717) is 12.8 Å². The molecule has 0 aliphatic heterocycles. The molecule has 3 heteroatoms. The molecule has 0 aromatic carbocycles. The fraction of sp³-hybridized carbons (Fsp3) is 0.789. The van der Waals surface area contributed by atoms with Crippen LogP contribution in [0.1, 0.15) is 96.8 Å². The summed E-state index contributed by atoms with van der Waals surface area (Å²) in [6, 6.07) is 0. The van der Waals surface area contributed by atoms with Gasteiger partial charge in [-0.25, -0.2) is 0 Å². The van der Waals surface area contributed by atoms with Crippen LogP contribution in [0.25, 0.3) is 0 Å². The fourth-order valence-electron chi connectivity index (χ4n) is 2.49. The summed E-state index contributed by atoms with van der Waals surface area (Å²) in [7, 11) is 0. The first-order chi connectivity index (χ1) is 10.8. The maximum absolute atomic E-state index is 11.0. The topological polar surface area (TPSA) is 46.2 Å². The van der Waals surface area contributed by atoms with E-state index in [1.54, 1.807) is 0 Å². The van der Waals surface area contributed by atoms with Crippen molar-refractivity contribution in [3.63, 3.8) is 0 Å². The van der Waals surface area contributed by atoms with Crippen molar-refractivity contribution in [3.05, 3.63) is 12.2 Å². The zero-order valence-corrected chi connectivity index (χ0v) is 14.4. The summed E-state index contributed by atoms with van der Waals surface area (Å²) in [4.78, 5) is 21.1. The second-order valence-electron chi connectivity index (χ2n) is 6.02. The van der Waals surface area contributed by atoms with E-state index >= 15 is 0 Å². The van der Waals surface area contributed by atoms with Crippen LogP contribution in [0.3, 0.4) is 0 Å². The summed E-state index contributed by atoms with van der Waals surface area (Å²) in [5.41, 5.74) is 0. The molecule has 2 amide bonds. The Bertz CT molecular complexity index is 287. The number of imide groups is 1. The maximum atomic E-state index is 11.0. The first kappa shape index (κ1) is 20.9. The predicted octanol–water partition coefficient (Wildman–Crippen LogP) is 5.30. The van der Waals surface area contributed by atoms with Gasteiger partial charge in [0.25, 0.3) is 0 Å². The molecule has 0 aromatic heterocycles. The molecule has 0 aliphatic rings. The third-order valence-corrected chi connectivity index (χ3v) is 3.89. The zero-order chi connectivity index (χ0) is 16.3. The number of hydrogen-bond acceptors (Lipinski definition) is 2. The number of rotatable bonds is 16. The maximum Gasteiger partial charge on any atom is 0.226 e. The molecule has 0 radical (unpaired) electrons. The van der Waals surface area contributed by atoms with Crippen molar-refractivity contribution in [1.29, 1.82) is 0 Å². The number of amides is 2. The number of hydrogen-bond donors (Lipinski definition) is 1. The Morgan fingerprint density at radius 2 is 1.27 bits per heavy atom. The van der Waals surface area contributed by atoms with Crippen LogP contribution in [-0.4, -0.2) is 12.3 Å². The van der Waals surface area contributed by atoms with Crippen LogP contribution >= 0.6 is 0 Å². The molecule has 0 fully saturated rings. The van der Waals surface area contributed by atoms with Gasteiger partial charge >= 0.3 is 0 Å². The minimum Gasteiger partial charge on any atom is -0.299 e. The van der Waals surface area contributed by atoms with Gasteiger partial charge in [0, 0.05) is 6.42 Å². The number of unbranched alkanes of at least 4 members (excludes halogenated alkanes) is 11. The van der Waals surface area contributed by atoms with Gasteiger partial charge in [-0.3, -0.25) is 14.9 Å². The lowest BCUT2D eigenvalue weighted by Gasteiger charge is -2.00. The van der Waals surface area contributed by atoms with Gasteiger partial charge in [-0.1, -0.05) is 70.4 Å². The summed E-state index contributed by atoms with van der Waals surface area (Å²) in [6.45, 7) is 2.26.